The Labute approximate surface area is 132 Å². The molecule has 4 aromatic rings. The Balaban J connectivity index is 1.78. The number of nitrogens with zero attached hydrogens (tertiary/aromatic N) is 2. The number of aromatic amines is 1. The monoisotopic (exact) mass is 302 g/mol. The molecule has 0 aliphatic heterocycles. The Hall–Kier alpha value is -3.34. The number of hydrogen-bond acceptors (Lipinski definition) is 4. The molecule has 0 aliphatic carbocycles. The van der Waals surface area contributed by atoms with Crippen LogP contribution >= 0.6 is 0 Å². The van der Waals surface area contributed by atoms with Crippen molar-refractivity contribution in [3.8, 4) is 22.9 Å². The molecule has 0 fully saturated rings. The third-order valence-electron chi connectivity index (χ3n) is 3.54. The van der Waals surface area contributed by atoms with Gasteiger partial charge in [-0.2, -0.15) is 0 Å². The first-order chi connectivity index (χ1) is 11.3. The second-order valence-electron chi connectivity index (χ2n) is 5.16. The van der Waals surface area contributed by atoms with Crippen LogP contribution in [0, 0.1) is 0 Å². The number of hydrogen-bond donors (Lipinski definition) is 2. The smallest absolute Gasteiger partial charge is 0.231 e. The molecule has 0 aliphatic rings. The lowest BCUT2D eigenvalue weighted by Crippen LogP contribution is -1.89. The Morgan fingerprint density at radius 1 is 0.913 bits per heavy atom. The van der Waals surface area contributed by atoms with Gasteiger partial charge in [-0.3, -0.25) is 0 Å². The SMILES string of the molecule is Nc1cccc(-c2cc3c(Oc4ccccc4)ncnc3[nH]2)c1. The number of para-hydroxylation sites is 1. The van der Waals surface area contributed by atoms with Crippen molar-refractivity contribution in [3.63, 3.8) is 0 Å². The number of aromatic nitrogens is 3. The molecule has 2 aromatic heterocycles. The Bertz CT molecular complexity index is 963. The molecule has 5 nitrogen and oxygen atoms in total. The van der Waals surface area contributed by atoms with Gasteiger partial charge >= 0.3 is 0 Å². The van der Waals surface area contributed by atoms with Gasteiger partial charge in [0.15, 0.2) is 0 Å². The summed E-state index contributed by atoms with van der Waals surface area (Å²) in [6.45, 7) is 0. The zero-order valence-electron chi connectivity index (χ0n) is 12.2. The largest absolute Gasteiger partial charge is 0.438 e. The highest BCUT2D eigenvalue weighted by molar-refractivity contribution is 5.87. The normalized spacial score (nSPS) is 10.8. The Morgan fingerprint density at radius 2 is 1.78 bits per heavy atom. The molecule has 0 atom stereocenters. The van der Waals surface area contributed by atoms with Crippen LogP contribution in [0.1, 0.15) is 0 Å². The summed E-state index contributed by atoms with van der Waals surface area (Å²) in [4.78, 5) is 11.8. The molecule has 0 saturated carbocycles. The van der Waals surface area contributed by atoms with E-state index in [2.05, 4.69) is 15.0 Å². The van der Waals surface area contributed by atoms with E-state index >= 15 is 0 Å². The first-order valence-electron chi connectivity index (χ1n) is 7.22. The highest BCUT2D eigenvalue weighted by Crippen LogP contribution is 2.30. The summed E-state index contributed by atoms with van der Waals surface area (Å²) in [6, 6.07) is 19.2. The van der Waals surface area contributed by atoms with Crippen molar-refractivity contribution in [2.75, 3.05) is 5.73 Å². The Kier molecular flexibility index (Phi) is 3.16. The van der Waals surface area contributed by atoms with Gasteiger partial charge in [0.1, 0.15) is 17.7 Å². The van der Waals surface area contributed by atoms with Gasteiger partial charge < -0.3 is 15.5 Å². The Morgan fingerprint density at radius 3 is 2.61 bits per heavy atom. The molecule has 0 radical (unpaired) electrons. The molecule has 0 amide bonds. The van der Waals surface area contributed by atoms with Crippen molar-refractivity contribution < 1.29 is 4.74 Å². The molecule has 2 heterocycles. The fourth-order valence-corrected chi connectivity index (χ4v) is 2.46. The number of nitrogen functional groups attached to an aromatic ring is 1. The van der Waals surface area contributed by atoms with Gasteiger partial charge in [-0.05, 0) is 30.3 Å². The average molecular weight is 302 g/mol. The standard InChI is InChI=1S/C18H14N4O/c19-13-6-4-5-12(9-13)16-10-15-17(22-16)20-11-21-18(15)23-14-7-2-1-3-8-14/h1-11H,19H2,(H,20,21,22). The molecule has 112 valence electrons. The number of ether oxygens (including phenoxy) is 1. The van der Waals surface area contributed by atoms with Crippen LogP contribution in [0.25, 0.3) is 22.3 Å². The average Bonchev–Trinajstić information content (AvgIpc) is 3.01. The summed E-state index contributed by atoms with van der Waals surface area (Å²) < 4.78 is 5.87. The van der Waals surface area contributed by atoms with Crippen LogP contribution in [-0.4, -0.2) is 15.0 Å². The van der Waals surface area contributed by atoms with E-state index in [9.17, 15) is 0 Å². The molecule has 5 heteroatoms. The van der Waals surface area contributed by atoms with Crippen molar-refractivity contribution in [1.82, 2.24) is 15.0 Å². The van der Waals surface area contributed by atoms with Crippen LogP contribution in [0.15, 0.2) is 67.0 Å². The van der Waals surface area contributed by atoms with Gasteiger partial charge in [0.2, 0.25) is 5.88 Å². The number of anilines is 1. The van der Waals surface area contributed by atoms with Crippen molar-refractivity contribution >= 4 is 16.7 Å². The lowest BCUT2D eigenvalue weighted by Gasteiger charge is -2.04. The van der Waals surface area contributed by atoms with E-state index < -0.39 is 0 Å². The van der Waals surface area contributed by atoms with E-state index in [1.165, 1.54) is 6.33 Å². The van der Waals surface area contributed by atoms with Crippen molar-refractivity contribution in [1.29, 1.82) is 0 Å². The van der Waals surface area contributed by atoms with Crippen molar-refractivity contribution in [2.45, 2.75) is 0 Å². The van der Waals surface area contributed by atoms with Crippen LogP contribution in [-0.2, 0) is 0 Å². The number of benzene rings is 2. The van der Waals surface area contributed by atoms with Crippen LogP contribution in [0.2, 0.25) is 0 Å². The summed E-state index contributed by atoms with van der Waals surface area (Å²) in [5.41, 5.74) is 9.21. The minimum Gasteiger partial charge on any atom is -0.438 e. The van der Waals surface area contributed by atoms with E-state index in [0.29, 0.717) is 11.6 Å². The van der Waals surface area contributed by atoms with Gasteiger partial charge in [0.05, 0.1) is 5.39 Å². The molecule has 3 N–H and O–H groups in total. The molecule has 0 spiro atoms. The molecule has 0 saturated heterocycles. The van der Waals surface area contributed by atoms with E-state index in [1.54, 1.807) is 0 Å². The number of nitrogens with two attached hydrogens (primary N) is 1. The first-order valence-corrected chi connectivity index (χ1v) is 7.22. The van der Waals surface area contributed by atoms with Crippen molar-refractivity contribution in [2.24, 2.45) is 0 Å². The highest BCUT2D eigenvalue weighted by atomic mass is 16.5. The van der Waals surface area contributed by atoms with E-state index in [-0.39, 0.29) is 0 Å². The summed E-state index contributed by atoms with van der Waals surface area (Å²) in [5.74, 6) is 1.26. The highest BCUT2D eigenvalue weighted by Gasteiger charge is 2.11. The summed E-state index contributed by atoms with van der Waals surface area (Å²) >= 11 is 0. The molecular weight excluding hydrogens is 288 g/mol. The quantitative estimate of drug-likeness (QED) is 0.561. The number of rotatable bonds is 3. The van der Waals surface area contributed by atoms with Crippen LogP contribution in [0.5, 0.6) is 11.6 Å². The minimum absolute atomic E-state index is 0.521. The molecule has 0 bridgehead atoms. The van der Waals surface area contributed by atoms with Gasteiger partial charge in [-0.1, -0.05) is 30.3 Å². The lowest BCUT2D eigenvalue weighted by atomic mass is 10.1. The molecular formula is C18H14N4O. The van der Waals surface area contributed by atoms with E-state index in [0.717, 1.165) is 28.0 Å². The molecule has 23 heavy (non-hydrogen) atoms. The topological polar surface area (TPSA) is 76.8 Å². The zero-order valence-corrected chi connectivity index (χ0v) is 12.2. The first kappa shape index (κ1) is 13.3. The predicted molar refractivity (Wildman–Crippen MR) is 90.3 cm³/mol. The van der Waals surface area contributed by atoms with Gasteiger partial charge in [-0.25, -0.2) is 9.97 Å². The second-order valence-corrected chi connectivity index (χ2v) is 5.16. The maximum absolute atomic E-state index is 5.87. The van der Waals surface area contributed by atoms with Crippen LogP contribution < -0.4 is 10.5 Å². The summed E-state index contributed by atoms with van der Waals surface area (Å²) in [7, 11) is 0. The van der Waals surface area contributed by atoms with Crippen LogP contribution in [0.4, 0.5) is 5.69 Å². The number of fused-ring (bicyclic) bond motifs is 1. The maximum Gasteiger partial charge on any atom is 0.231 e. The maximum atomic E-state index is 5.87. The van der Waals surface area contributed by atoms with Crippen LogP contribution in [0.3, 0.4) is 0 Å². The van der Waals surface area contributed by atoms with Crippen molar-refractivity contribution in [3.05, 3.63) is 67.0 Å². The van der Waals surface area contributed by atoms with Gasteiger partial charge in [0.25, 0.3) is 0 Å². The van der Waals surface area contributed by atoms with E-state index in [4.69, 9.17) is 10.5 Å². The number of nitrogens with one attached hydrogen (secondary N) is 1. The van der Waals surface area contributed by atoms with E-state index in [1.807, 2.05) is 60.7 Å². The van der Waals surface area contributed by atoms with Gasteiger partial charge in [0, 0.05) is 16.9 Å². The second kappa shape index (κ2) is 5.46. The summed E-state index contributed by atoms with van der Waals surface area (Å²) in [6.07, 6.45) is 1.49. The molecule has 4 rings (SSSR count). The fourth-order valence-electron chi connectivity index (χ4n) is 2.46. The number of H-pyrrole nitrogens is 1. The molecule has 0 unspecified atom stereocenters. The molecule has 2 aromatic carbocycles. The third-order valence-corrected chi connectivity index (χ3v) is 3.54. The minimum atomic E-state index is 0.521. The lowest BCUT2D eigenvalue weighted by molar-refractivity contribution is 0.468. The van der Waals surface area contributed by atoms with Gasteiger partial charge in [-0.15, -0.1) is 0 Å². The fraction of sp³-hybridized carbons (Fsp3) is 0. The predicted octanol–water partition coefficient (Wildman–Crippen LogP) is 4.00. The summed E-state index contributed by atoms with van der Waals surface area (Å²) in [5, 5.41) is 0.828. The zero-order chi connectivity index (χ0) is 15.6. The third kappa shape index (κ3) is 2.60.